The number of halogens is 2. The van der Waals surface area contributed by atoms with Gasteiger partial charge in [-0.1, -0.05) is 18.5 Å². The molecule has 31 heavy (non-hydrogen) atoms. The molecule has 0 amide bonds. The summed E-state index contributed by atoms with van der Waals surface area (Å²) in [4.78, 5) is 19.4. The van der Waals surface area contributed by atoms with E-state index >= 15 is 0 Å². The number of rotatable bonds is 6. The second-order valence-corrected chi connectivity index (χ2v) is 9.00. The molecule has 1 aromatic carbocycles. The third-order valence-electron chi connectivity index (χ3n) is 6.70. The van der Waals surface area contributed by atoms with Crippen LogP contribution >= 0.6 is 11.6 Å². The lowest BCUT2D eigenvalue weighted by atomic mass is 9.73. The molecule has 2 aromatic heterocycles. The Morgan fingerprint density at radius 3 is 2.71 bits per heavy atom. The number of nitrogens with zero attached hydrogens (tertiary/aromatic N) is 3. The molecule has 0 bridgehead atoms. The van der Waals surface area contributed by atoms with E-state index in [2.05, 4.69) is 16.9 Å². The maximum atomic E-state index is 13.8. The van der Waals surface area contributed by atoms with Gasteiger partial charge in [-0.2, -0.15) is 0 Å². The van der Waals surface area contributed by atoms with Gasteiger partial charge in [0.25, 0.3) is 5.69 Å². The third kappa shape index (κ3) is 4.85. The molecule has 0 radical (unpaired) electrons. The number of hydrogen-bond acceptors (Lipinski definition) is 4. The Labute approximate surface area is 185 Å². The SMILES string of the molecule is C[C@@H](CCc1ncc(Cl)cc1[N+](=O)[O-])C1CCC(c2ccnc3ccc(F)cc23)CC1. The Morgan fingerprint density at radius 1 is 1.19 bits per heavy atom. The fourth-order valence-corrected chi connectivity index (χ4v) is 5.05. The van der Waals surface area contributed by atoms with Crippen LogP contribution in [0.1, 0.15) is 56.2 Å². The first kappa shape index (κ1) is 21.6. The van der Waals surface area contributed by atoms with Crippen LogP contribution in [0.25, 0.3) is 10.9 Å². The van der Waals surface area contributed by atoms with E-state index < -0.39 is 4.92 Å². The number of fused-ring (bicyclic) bond motifs is 1. The van der Waals surface area contributed by atoms with Gasteiger partial charge in [0.1, 0.15) is 11.5 Å². The monoisotopic (exact) mass is 441 g/mol. The summed E-state index contributed by atoms with van der Waals surface area (Å²) < 4.78 is 13.8. The largest absolute Gasteiger partial charge is 0.292 e. The minimum Gasteiger partial charge on any atom is -0.258 e. The van der Waals surface area contributed by atoms with Crippen molar-refractivity contribution in [2.75, 3.05) is 0 Å². The Bertz CT molecular complexity index is 1100. The summed E-state index contributed by atoms with van der Waals surface area (Å²) in [6, 6.07) is 8.20. The standard InChI is InChI=1S/C24H25ClFN3O2/c1-15(2-8-23-24(29(30)31)12-18(25)14-28-23)16-3-5-17(6-4-16)20-10-11-27-22-9-7-19(26)13-21(20)22/h7,9-17H,2-6,8H2,1H3/t15-,16?,17?/m0/s1. The van der Waals surface area contributed by atoms with Crippen molar-refractivity contribution >= 4 is 28.2 Å². The zero-order valence-corrected chi connectivity index (χ0v) is 18.2. The van der Waals surface area contributed by atoms with Gasteiger partial charge in [-0.05, 0) is 86.1 Å². The highest BCUT2D eigenvalue weighted by Crippen LogP contribution is 2.41. The van der Waals surface area contributed by atoms with Crippen molar-refractivity contribution in [3.8, 4) is 0 Å². The van der Waals surface area contributed by atoms with E-state index in [1.807, 2.05) is 12.3 Å². The molecule has 3 aromatic rings. The van der Waals surface area contributed by atoms with Crippen molar-refractivity contribution in [1.29, 1.82) is 0 Å². The molecule has 7 heteroatoms. The highest BCUT2D eigenvalue weighted by Gasteiger charge is 2.27. The van der Waals surface area contributed by atoms with Crippen molar-refractivity contribution in [3.63, 3.8) is 0 Å². The molecule has 0 saturated heterocycles. The molecule has 0 unspecified atom stereocenters. The van der Waals surface area contributed by atoms with Gasteiger partial charge in [-0.3, -0.25) is 20.1 Å². The van der Waals surface area contributed by atoms with Gasteiger partial charge in [0.05, 0.1) is 15.5 Å². The minimum atomic E-state index is -0.411. The minimum absolute atomic E-state index is 0.000190. The molecule has 1 fully saturated rings. The summed E-state index contributed by atoms with van der Waals surface area (Å²) in [6.07, 6.45) is 9.03. The lowest BCUT2D eigenvalue weighted by molar-refractivity contribution is -0.385. The molecule has 1 atom stereocenters. The number of nitro groups is 1. The predicted octanol–water partition coefficient (Wildman–Crippen LogP) is 6.87. The molecule has 1 aliphatic rings. The highest BCUT2D eigenvalue weighted by atomic mass is 35.5. The summed E-state index contributed by atoms with van der Waals surface area (Å²) in [7, 11) is 0. The molecular formula is C24H25ClFN3O2. The maximum absolute atomic E-state index is 13.8. The molecule has 0 spiro atoms. The maximum Gasteiger partial charge on any atom is 0.292 e. The second kappa shape index (κ2) is 9.27. The van der Waals surface area contributed by atoms with Crippen molar-refractivity contribution in [2.45, 2.75) is 51.4 Å². The summed E-state index contributed by atoms with van der Waals surface area (Å²) in [5.41, 5.74) is 2.53. The molecule has 162 valence electrons. The molecule has 1 saturated carbocycles. The number of benzene rings is 1. The molecule has 0 aliphatic heterocycles. The first-order valence-corrected chi connectivity index (χ1v) is 11.1. The number of aromatic nitrogens is 2. The molecule has 4 rings (SSSR count). The molecule has 5 nitrogen and oxygen atoms in total. The van der Waals surface area contributed by atoms with Crippen LogP contribution in [0.2, 0.25) is 5.02 Å². The van der Waals surface area contributed by atoms with Crippen molar-refractivity contribution in [1.82, 2.24) is 9.97 Å². The second-order valence-electron chi connectivity index (χ2n) is 8.57. The van der Waals surface area contributed by atoms with E-state index in [-0.39, 0.29) is 16.5 Å². The molecule has 2 heterocycles. The van der Waals surface area contributed by atoms with E-state index in [4.69, 9.17) is 11.6 Å². The van der Waals surface area contributed by atoms with Crippen LogP contribution in [0.3, 0.4) is 0 Å². The van der Waals surface area contributed by atoms with Gasteiger partial charge in [-0.25, -0.2) is 4.39 Å². The molecular weight excluding hydrogens is 417 g/mol. The summed E-state index contributed by atoms with van der Waals surface area (Å²) in [6.45, 7) is 2.23. The van der Waals surface area contributed by atoms with Crippen LogP contribution in [0.15, 0.2) is 42.7 Å². The molecule has 1 aliphatic carbocycles. The molecule has 0 N–H and O–H groups in total. The highest BCUT2D eigenvalue weighted by molar-refractivity contribution is 6.30. The fraction of sp³-hybridized carbons (Fsp3) is 0.417. The first-order valence-electron chi connectivity index (χ1n) is 10.8. The van der Waals surface area contributed by atoms with Crippen LogP contribution < -0.4 is 0 Å². The Kier molecular flexibility index (Phi) is 6.46. The van der Waals surface area contributed by atoms with Crippen molar-refractivity contribution < 1.29 is 9.31 Å². The lowest BCUT2D eigenvalue weighted by Crippen LogP contribution is -2.20. The average molecular weight is 442 g/mol. The number of hydrogen-bond donors (Lipinski definition) is 0. The summed E-state index contributed by atoms with van der Waals surface area (Å²) in [5, 5.41) is 12.5. The van der Waals surface area contributed by atoms with Crippen LogP contribution in [-0.2, 0) is 6.42 Å². The van der Waals surface area contributed by atoms with Crippen LogP contribution in [-0.4, -0.2) is 14.9 Å². The van der Waals surface area contributed by atoms with Crippen molar-refractivity contribution in [2.24, 2.45) is 11.8 Å². The van der Waals surface area contributed by atoms with Gasteiger partial charge in [-0.15, -0.1) is 0 Å². The number of aryl methyl sites for hydroxylation is 1. The third-order valence-corrected chi connectivity index (χ3v) is 6.91. The normalized spacial score (nSPS) is 20.0. The van der Waals surface area contributed by atoms with Gasteiger partial charge in [0, 0.05) is 23.8 Å². The van der Waals surface area contributed by atoms with Crippen molar-refractivity contribution in [3.05, 3.63) is 74.9 Å². The van der Waals surface area contributed by atoms with Gasteiger partial charge >= 0.3 is 0 Å². The fourth-order valence-electron chi connectivity index (χ4n) is 4.90. The Balaban J connectivity index is 1.38. The van der Waals surface area contributed by atoms with Gasteiger partial charge in [0.2, 0.25) is 0 Å². The Hall–Kier alpha value is -2.60. The zero-order chi connectivity index (χ0) is 22.0. The van der Waals surface area contributed by atoms with Crippen LogP contribution in [0.4, 0.5) is 10.1 Å². The van der Waals surface area contributed by atoms with Gasteiger partial charge < -0.3 is 0 Å². The average Bonchev–Trinajstić information content (AvgIpc) is 2.77. The summed E-state index contributed by atoms with van der Waals surface area (Å²) in [5.74, 6) is 1.21. The zero-order valence-electron chi connectivity index (χ0n) is 17.4. The van der Waals surface area contributed by atoms with Crippen LogP contribution in [0.5, 0.6) is 0 Å². The van der Waals surface area contributed by atoms with E-state index in [0.29, 0.717) is 29.9 Å². The smallest absolute Gasteiger partial charge is 0.258 e. The predicted molar refractivity (Wildman–Crippen MR) is 120 cm³/mol. The van der Waals surface area contributed by atoms with Gasteiger partial charge in [0.15, 0.2) is 0 Å². The number of pyridine rings is 2. The van der Waals surface area contributed by atoms with E-state index in [0.717, 1.165) is 43.0 Å². The quantitative estimate of drug-likeness (QED) is 0.309. The van der Waals surface area contributed by atoms with E-state index in [1.165, 1.54) is 23.9 Å². The Morgan fingerprint density at radius 2 is 1.97 bits per heavy atom. The van der Waals surface area contributed by atoms with Crippen LogP contribution in [0, 0.1) is 27.8 Å². The topological polar surface area (TPSA) is 68.9 Å². The van der Waals surface area contributed by atoms with E-state index in [1.54, 1.807) is 12.1 Å². The summed E-state index contributed by atoms with van der Waals surface area (Å²) >= 11 is 5.86. The lowest BCUT2D eigenvalue weighted by Gasteiger charge is -2.33. The first-order chi connectivity index (χ1) is 14.9. The van der Waals surface area contributed by atoms with E-state index in [9.17, 15) is 14.5 Å².